The molecule has 0 spiro atoms. The molecule has 0 unspecified atom stereocenters. The van der Waals surface area contributed by atoms with Gasteiger partial charge >= 0.3 is 5.97 Å². The van der Waals surface area contributed by atoms with Crippen LogP contribution in [0.15, 0.2) is 0 Å². The van der Waals surface area contributed by atoms with Crippen LogP contribution in [0.3, 0.4) is 0 Å². The highest BCUT2D eigenvalue weighted by Crippen LogP contribution is 2.12. The van der Waals surface area contributed by atoms with Gasteiger partial charge in [-0.1, -0.05) is 0 Å². The monoisotopic (exact) mass is 226 g/mol. The molecule has 0 radical (unpaired) electrons. The summed E-state index contributed by atoms with van der Waals surface area (Å²) in [6.45, 7) is 0.879. The average Bonchev–Trinajstić information content (AvgIpc) is 2.76. The maximum atomic E-state index is 11.6. The van der Waals surface area contributed by atoms with Crippen LogP contribution in [-0.4, -0.2) is 36.2 Å². The second kappa shape index (κ2) is 6.08. The Balaban J connectivity index is 2.44. The van der Waals surface area contributed by atoms with Crippen LogP contribution in [0.2, 0.25) is 0 Å². The quantitative estimate of drug-likeness (QED) is 0.681. The summed E-state index contributed by atoms with van der Waals surface area (Å²) in [6, 6.07) is 0.878. The van der Waals surface area contributed by atoms with Crippen molar-refractivity contribution in [1.82, 2.24) is 5.32 Å². The molecule has 1 aliphatic rings. The number of rotatable bonds is 5. The molecule has 0 bridgehead atoms. The van der Waals surface area contributed by atoms with E-state index in [1.165, 1.54) is 0 Å². The molecule has 6 heteroatoms. The first kappa shape index (κ1) is 12.5. The molecular weight excluding hydrogens is 212 g/mol. The first-order valence-corrected chi connectivity index (χ1v) is 5.13. The number of hydrogen-bond acceptors (Lipinski definition) is 4. The molecule has 0 aliphatic carbocycles. The van der Waals surface area contributed by atoms with Gasteiger partial charge in [0, 0.05) is 13.0 Å². The number of carboxylic acid groups (broad SMARTS) is 1. The first-order chi connectivity index (χ1) is 7.65. The predicted octanol–water partition coefficient (Wildman–Crippen LogP) is -0.104. The number of carboxylic acids is 1. The van der Waals surface area contributed by atoms with Gasteiger partial charge in [-0.05, 0) is 12.8 Å². The molecule has 0 saturated carbocycles. The number of carbonyl (C=O) groups excluding carboxylic acids is 1. The van der Waals surface area contributed by atoms with Crippen LogP contribution in [0.4, 0.5) is 0 Å². The van der Waals surface area contributed by atoms with Crippen LogP contribution in [0.25, 0.3) is 0 Å². The van der Waals surface area contributed by atoms with E-state index < -0.39 is 12.0 Å². The van der Waals surface area contributed by atoms with Crippen molar-refractivity contribution < 1.29 is 19.4 Å². The summed E-state index contributed by atoms with van der Waals surface area (Å²) < 4.78 is 5.04. The van der Waals surface area contributed by atoms with E-state index in [0.717, 1.165) is 0 Å². The highest BCUT2D eigenvalue weighted by molar-refractivity contribution is 5.85. The van der Waals surface area contributed by atoms with Gasteiger partial charge < -0.3 is 15.2 Å². The topological polar surface area (TPSA) is 99.4 Å². The highest BCUT2D eigenvalue weighted by atomic mass is 16.5. The van der Waals surface area contributed by atoms with Crippen molar-refractivity contribution in [3.05, 3.63) is 0 Å². The zero-order valence-electron chi connectivity index (χ0n) is 8.81. The van der Waals surface area contributed by atoms with Gasteiger partial charge in [0.25, 0.3) is 0 Å². The van der Waals surface area contributed by atoms with E-state index in [1.807, 2.05) is 6.07 Å². The van der Waals surface area contributed by atoms with Gasteiger partial charge in [-0.2, -0.15) is 5.26 Å². The third kappa shape index (κ3) is 3.51. The highest BCUT2D eigenvalue weighted by Gasteiger charge is 2.27. The standard InChI is InChI=1S/C10H14N2O4/c11-4-1-2-8(10(14)15)12-9(13)7-3-5-16-6-7/h7-8H,1-3,5-6H2,(H,12,13)(H,14,15)/t7-,8-/m0/s1. The molecule has 1 amide bonds. The Morgan fingerprint density at radius 3 is 2.88 bits per heavy atom. The van der Waals surface area contributed by atoms with Gasteiger partial charge in [-0.15, -0.1) is 0 Å². The van der Waals surface area contributed by atoms with Gasteiger partial charge in [0.05, 0.1) is 18.6 Å². The molecule has 88 valence electrons. The summed E-state index contributed by atoms with van der Waals surface area (Å²) in [5, 5.41) is 19.6. The lowest BCUT2D eigenvalue weighted by atomic mass is 10.1. The van der Waals surface area contributed by atoms with Crippen molar-refractivity contribution in [3.8, 4) is 6.07 Å². The fourth-order valence-electron chi connectivity index (χ4n) is 1.50. The summed E-state index contributed by atoms with van der Waals surface area (Å²) in [6.07, 6.45) is 0.861. The van der Waals surface area contributed by atoms with E-state index in [-0.39, 0.29) is 24.7 Å². The fourth-order valence-corrected chi connectivity index (χ4v) is 1.50. The molecule has 1 heterocycles. The first-order valence-electron chi connectivity index (χ1n) is 5.13. The lowest BCUT2D eigenvalue weighted by molar-refractivity contribution is -0.142. The Bertz CT molecular complexity index is 304. The normalized spacial score (nSPS) is 21.1. The second-order valence-corrected chi connectivity index (χ2v) is 3.66. The van der Waals surface area contributed by atoms with E-state index in [2.05, 4.69) is 5.32 Å². The molecule has 1 rings (SSSR count). The molecule has 2 atom stereocenters. The van der Waals surface area contributed by atoms with Gasteiger partial charge in [0.2, 0.25) is 5.91 Å². The summed E-state index contributed by atoms with van der Waals surface area (Å²) in [4.78, 5) is 22.4. The number of ether oxygens (including phenoxy) is 1. The zero-order chi connectivity index (χ0) is 12.0. The van der Waals surface area contributed by atoms with E-state index in [9.17, 15) is 9.59 Å². The van der Waals surface area contributed by atoms with E-state index in [0.29, 0.717) is 19.6 Å². The van der Waals surface area contributed by atoms with Gasteiger partial charge in [-0.3, -0.25) is 4.79 Å². The zero-order valence-corrected chi connectivity index (χ0v) is 8.81. The number of amides is 1. The molecule has 0 aromatic carbocycles. The maximum Gasteiger partial charge on any atom is 0.326 e. The van der Waals surface area contributed by atoms with Gasteiger partial charge in [0.15, 0.2) is 0 Å². The molecule has 0 aromatic rings. The van der Waals surface area contributed by atoms with Crippen LogP contribution < -0.4 is 5.32 Å². The minimum atomic E-state index is -1.11. The Hall–Kier alpha value is -1.61. The SMILES string of the molecule is N#CCC[C@H](NC(=O)[C@H]1CCOC1)C(=O)O. The Morgan fingerprint density at radius 1 is 1.62 bits per heavy atom. The number of aliphatic carboxylic acids is 1. The fraction of sp³-hybridized carbons (Fsp3) is 0.700. The molecule has 6 nitrogen and oxygen atoms in total. The Labute approximate surface area is 93.2 Å². The van der Waals surface area contributed by atoms with E-state index >= 15 is 0 Å². The molecule has 16 heavy (non-hydrogen) atoms. The van der Waals surface area contributed by atoms with Crippen LogP contribution in [0.1, 0.15) is 19.3 Å². The minimum absolute atomic E-state index is 0.110. The van der Waals surface area contributed by atoms with Crippen LogP contribution in [0.5, 0.6) is 0 Å². The van der Waals surface area contributed by atoms with Crippen LogP contribution >= 0.6 is 0 Å². The minimum Gasteiger partial charge on any atom is -0.480 e. The summed E-state index contributed by atoms with van der Waals surface area (Å²) >= 11 is 0. The van der Waals surface area contributed by atoms with E-state index in [1.54, 1.807) is 0 Å². The Kier molecular flexibility index (Phi) is 4.73. The lowest BCUT2D eigenvalue weighted by Gasteiger charge is -2.15. The number of carbonyl (C=O) groups is 2. The van der Waals surface area contributed by atoms with Crippen molar-refractivity contribution in [2.75, 3.05) is 13.2 Å². The predicted molar refractivity (Wildman–Crippen MR) is 53.3 cm³/mol. The van der Waals surface area contributed by atoms with Crippen molar-refractivity contribution in [2.24, 2.45) is 5.92 Å². The Morgan fingerprint density at radius 2 is 2.38 bits per heavy atom. The summed E-state index contributed by atoms with van der Waals surface area (Å²) in [5.41, 5.74) is 0. The number of nitrogens with one attached hydrogen (secondary N) is 1. The number of nitrogens with zero attached hydrogens (tertiary/aromatic N) is 1. The third-order valence-corrected chi connectivity index (χ3v) is 2.46. The smallest absolute Gasteiger partial charge is 0.326 e. The van der Waals surface area contributed by atoms with Crippen molar-refractivity contribution >= 4 is 11.9 Å². The largest absolute Gasteiger partial charge is 0.480 e. The number of hydrogen-bond donors (Lipinski definition) is 2. The van der Waals surface area contributed by atoms with E-state index in [4.69, 9.17) is 15.1 Å². The maximum absolute atomic E-state index is 11.6. The second-order valence-electron chi connectivity index (χ2n) is 3.66. The number of nitriles is 1. The van der Waals surface area contributed by atoms with Gasteiger partial charge in [-0.25, -0.2) is 4.79 Å². The van der Waals surface area contributed by atoms with Crippen molar-refractivity contribution in [1.29, 1.82) is 5.26 Å². The van der Waals surface area contributed by atoms with Crippen LogP contribution in [0, 0.1) is 17.2 Å². The summed E-state index contributed by atoms with van der Waals surface area (Å²) in [7, 11) is 0. The van der Waals surface area contributed by atoms with Crippen molar-refractivity contribution in [3.63, 3.8) is 0 Å². The lowest BCUT2D eigenvalue weighted by Crippen LogP contribution is -2.43. The van der Waals surface area contributed by atoms with Crippen molar-refractivity contribution in [2.45, 2.75) is 25.3 Å². The molecule has 1 aliphatic heterocycles. The molecule has 2 N–H and O–H groups in total. The average molecular weight is 226 g/mol. The summed E-state index contributed by atoms with van der Waals surface area (Å²) in [5.74, 6) is -1.67. The van der Waals surface area contributed by atoms with Gasteiger partial charge in [0.1, 0.15) is 6.04 Å². The third-order valence-electron chi connectivity index (χ3n) is 2.46. The molecule has 0 aromatic heterocycles. The molecular formula is C10H14N2O4. The molecule has 1 fully saturated rings. The molecule has 1 saturated heterocycles. The van der Waals surface area contributed by atoms with Crippen LogP contribution in [-0.2, 0) is 14.3 Å².